The normalized spacial score (nSPS) is 12.9. The molecule has 3 aromatic rings. The first kappa shape index (κ1) is 32.1. The zero-order valence-corrected chi connectivity index (χ0v) is 25.8. The highest BCUT2D eigenvalue weighted by atomic mass is 127. The van der Waals surface area contributed by atoms with Crippen LogP contribution in [0, 0.1) is 10.7 Å². The fourth-order valence-corrected chi connectivity index (χ4v) is 8.07. The van der Waals surface area contributed by atoms with Gasteiger partial charge in [0.1, 0.15) is 0 Å². The van der Waals surface area contributed by atoms with Crippen molar-refractivity contribution in [2.45, 2.75) is 18.0 Å². The Kier molecular flexibility index (Phi) is 9.40. The predicted molar refractivity (Wildman–Crippen MR) is 148 cm³/mol. The summed E-state index contributed by atoms with van der Waals surface area (Å²) in [5.74, 6) is -6.41. The molecule has 0 fully saturated rings. The van der Waals surface area contributed by atoms with Crippen LogP contribution < -0.4 is 4.74 Å². The number of carbonyl (C=O) groups is 2. The van der Waals surface area contributed by atoms with Crippen LogP contribution >= 0.6 is 67.8 Å². The van der Waals surface area contributed by atoms with Gasteiger partial charge in [0.2, 0.25) is 0 Å². The van der Waals surface area contributed by atoms with Gasteiger partial charge in [-0.05, 0) is 97.4 Å². The molecule has 0 spiro atoms. The lowest BCUT2D eigenvalue weighted by atomic mass is 9.98. The molecule has 0 aliphatic heterocycles. The van der Waals surface area contributed by atoms with Crippen LogP contribution in [0.1, 0.15) is 20.7 Å². The highest BCUT2D eigenvalue weighted by molar-refractivity contribution is 14.1. The zero-order valence-electron chi connectivity index (χ0n) is 18.5. The quantitative estimate of drug-likeness (QED) is 0.0922. The van der Waals surface area contributed by atoms with Crippen molar-refractivity contribution in [2.75, 3.05) is 5.75 Å². The molecule has 0 saturated heterocycles. The van der Waals surface area contributed by atoms with Crippen LogP contribution in [0.3, 0.4) is 0 Å². The molecular formula is C22H10F6I3O7S-. The van der Waals surface area contributed by atoms with E-state index < -0.39 is 62.3 Å². The van der Waals surface area contributed by atoms with Gasteiger partial charge in [-0.15, -0.1) is 0 Å². The molecule has 0 atom stereocenters. The van der Waals surface area contributed by atoms with Crippen molar-refractivity contribution in [3.63, 3.8) is 0 Å². The van der Waals surface area contributed by atoms with Crippen LogP contribution in [0.15, 0.2) is 48.5 Å². The largest absolute Gasteiger partial charge is 0.748 e. The third-order valence-corrected chi connectivity index (χ3v) is 8.05. The molecule has 0 heterocycles. The first-order valence-corrected chi connectivity index (χ1v) is 14.8. The lowest BCUT2D eigenvalue weighted by Gasteiger charge is -2.37. The van der Waals surface area contributed by atoms with Crippen molar-refractivity contribution in [3.8, 4) is 5.75 Å². The number of carbonyl (C=O) groups excluding carboxylic acids is 2. The molecule has 0 saturated carbocycles. The highest BCUT2D eigenvalue weighted by Gasteiger charge is 2.75. The van der Waals surface area contributed by atoms with Gasteiger partial charge >= 0.3 is 29.9 Å². The van der Waals surface area contributed by atoms with Crippen molar-refractivity contribution >= 4 is 101 Å². The second-order valence-electron chi connectivity index (χ2n) is 7.71. The summed E-state index contributed by atoms with van der Waals surface area (Å²) in [6.07, 6.45) is -13.1. The SMILES string of the molecule is O=C(Oc1c(I)cc(I)cc1I)c1cccc2cccc(C(=O)OC(CS(=O)(=O)[O-])(C(F)(F)F)C(F)(F)F)c12. The second-order valence-corrected chi connectivity index (χ2v) is 12.7. The van der Waals surface area contributed by atoms with Crippen LogP contribution in [-0.4, -0.2) is 48.6 Å². The second kappa shape index (κ2) is 11.4. The topological polar surface area (TPSA) is 110 Å². The van der Waals surface area contributed by atoms with E-state index in [1.165, 1.54) is 18.2 Å². The minimum absolute atomic E-state index is 0.0342. The Bertz CT molecular complexity index is 1530. The maximum absolute atomic E-state index is 13.7. The van der Waals surface area contributed by atoms with E-state index >= 15 is 0 Å². The molecule has 0 unspecified atom stereocenters. The monoisotopic (exact) mass is 913 g/mol. The van der Waals surface area contributed by atoms with E-state index in [2.05, 4.69) is 4.74 Å². The van der Waals surface area contributed by atoms with Gasteiger partial charge in [-0.3, -0.25) is 0 Å². The minimum atomic E-state index is -6.55. The fraction of sp³-hybridized carbons (Fsp3) is 0.182. The summed E-state index contributed by atoms with van der Waals surface area (Å²) in [5.41, 5.74) is -7.03. The maximum atomic E-state index is 13.7. The van der Waals surface area contributed by atoms with Gasteiger partial charge in [-0.1, -0.05) is 24.3 Å². The van der Waals surface area contributed by atoms with Crippen LogP contribution in [0.25, 0.3) is 10.8 Å². The molecule has 0 aromatic heterocycles. The number of alkyl halides is 6. The van der Waals surface area contributed by atoms with Gasteiger partial charge in [-0.25, -0.2) is 18.0 Å². The number of hydrogen-bond acceptors (Lipinski definition) is 7. The zero-order chi connectivity index (χ0) is 29.6. The maximum Gasteiger partial charge on any atom is 0.438 e. The van der Waals surface area contributed by atoms with Gasteiger partial charge in [0.25, 0.3) is 0 Å². The van der Waals surface area contributed by atoms with E-state index in [0.29, 0.717) is 7.14 Å². The van der Waals surface area contributed by atoms with E-state index in [1.807, 2.05) is 67.8 Å². The third kappa shape index (κ3) is 6.89. The standard InChI is InChI=1S/C22H11F6I3O7S/c23-21(24,25)20(22(26,27)28,9-39(34,35)36)38-19(33)13-6-2-4-10-3-1-5-12(16(10)13)18(32)37-17-14(30)7-11(29)8-15(17)31/h1-8H,9H2,(H,34,35,36)/p-1. The summed E-state index contributed by atoms with van der Waals surface area (Å²) in [6, 6.07) is 10.3. The molecule has 0 aliphatic carbocycles. The van der Waals surface area contributed by atoms with E-state index in [1.54, 1.807) is 12.1 Å². The Balaban J connectivity index is 2.17. The molecule has 0 bridgehead atoms. The molecule has 3 rings (SSSR count). The molecule has 0 N–H and O–H groups in total. The molecule has 7 nitrogen and oxygen atoms in total. The van der Waals surface area contributed by atoms with Crippen LogP contribution in [0.4, 0.5) is 26.3 Å². The lowest BCUT2D eigenvalue weighted by Crippen LogP contribution is -2.63. The summed E-state index contributed by atoms with van der Waals surface area (Å²) in [4.78, 5) is 26.0. The van der Waals surface area contributed by atoms with E-state index in [4.69, 9.17) is 4.74 Å². The van der Waals surface area contributed by atoms with Crippen molar-refractivity contribution in [2.24, 2.45) is 0 Å². The summed E-state index contributed by atoms with van der Waals surface area (Å²) < 4.78 is 126. The summed E-state index contributed by atoms with van der Waals surface area (Å²) in [5, 5.41) is -0.388. The predicted octanol–water partition coefficient (Wildman–Crippen LogP) is 6.44. The van der Waals surface area contributed by atoms with E-state index in [-0.39, 0.29) is 11.1 Å². The van der Waals surface area contributed by atoms with E-state index in [0.717, 1.165) is 21.8 Å². The molecule has 3 aromatic carbocycles. The Morgan fingerprint density at radius 3 is 1.72 bits per heavy atom. The molecule has 17 heteroatoms. The summed E-state index contributed by atoms with van der Waals surface area (Å²) in [7, 11) is -6.23. The van der Waals surface area contributed by atoms with Crippen molar-refractivity contribution in [1.82, 2.24) is 0 Å². The first-order valence-electron chi connectivity index (χ1n) is 9.96. The number of fused-ring (bicyclic) bond motifs is 1. The van der Waals surface area contributed by atoms with Crippen molar-refractivity contribution in [3.05, 3.63) is 70.4 Å². The smallest absolute Gasteiger partial charge is 0.438 e. The first-order chi connectivity index (χ1) is 17.8. The molecule has 210 valence electrons. The van der Waals surface area contributed by atoms with Crippen LogP contribution in [0.5, 0.6) is 5.75 Å². The lowest BCUT2D eigenvalue weighted by molar-refractivity contribution is -0.356. The third-order valence-electron chi connectivity index (χ3n) is 5.07. The van der Waals surface area contributed by atoms with Gasteiger partial charge < -0.3 is 14.0 Å². The fourth-order valence-electron chi connectivity index (χ4n) is 3.39. The molecule has 0 aliphatic rings. The van der Waals surface area contributed by atoms with E-state index in [9.17, 15) is 48.9 Å². The summed E-state index contributed by atoms with van der Waals surface area (Å²) >= 11 is 5.81. The Hall–Kier alpha value is -1.46. The van der Waals surface area contributed by atoms with Crippen LogP contribution in [0.2, 0.25) is 0 Å². The highest BCUT2D eigenvalue weighted by Crippen LogP contribution is 2.47. The van der Waals surface area contributed by atoms with Gasteiger partial charge in [0.15, 0.2) is 5.75 Å². The van der Waals surface area contributed by atoms with Crippen molar-refractivity contribution in [1.29, 1.82) is 0 Å². The summed E-state index contributed by atoms with van der Waals surface area (Å²) in [6.45, 7) is 0. The van der Waals surface area contributed by atoms with Gasteiger partial charge in [0, 0.05) is 8.96 Å². The molecular weight excluding hydrogens is 903 g/mol. The van der Waals surface area contributed by atoms with Crippen molar-refractivity contribution < 1.29 is 58.4 Å². The molecule has 0 radical (unpaired) electrons. The average molecular weight is 913 g/mol. The number of rotatable bonds is 6. The van der Waals surface area contributed by atoms with Crippen LogP contribution in [-0.2, 0) is 14.9 Å². The minimum Gasteiger partial charge on any atom is -0.748 e. The number of hydrogen-bond donors (Lipinski definition) is 0. The average Bonchev–Trinajstić information content (AvgIpc) is 2.77. The number of esters is 2. The number of halogens is 9. The Morgan fingerprint density at radius 1 is 0.821 bits per heavy atom. The molecule has 0 amide bonds. The van der Waals surface area contributed by atoms with Gasteiger partial charge in [-0.2, -0.15) is 26.3 Å². The number of ether oxygens (including phenoxy) is 2. The van der Waals surface area contributed by atoms with Gasteiger partial charge in [0.05, 0.1) is 34.1 Å². The molecule has 39 heavy (non-hydrogen) atoms. The number of benzene rings is 3. The Morgan fingerprint density at radius 2 is 1.28 bits per heavy atom. The Labute approximate surface area is 256 Å².